The Bertz CT molecular complexity index is 943. The lowest BCUT2D eigenvalue weighted by Gasteiger charge is -2.29. The summed E-state index contributed by atoms with van der Waals surface area (Å²) in [7, 11) is 1.83. The molecule has 3 aromatic rings. The Morgan fingerprint density at radius 3 is 2.67 bits per heavy atom. The van der Waals surface area contributed by atoms with Gasteiger partial charge < -0.3 is 20.7 Å². The zero-order valence-electron chi connectivity index (χ0n) is 15.3. The van der Waals surface area contributed by atoms with Gasteiger partial charge in [-0.05, 0) is 16.3 Å². The first-order chi connectivity index (χ1) is 13.2. The number of ether oxygens (including phenoxy) is 1. The van der Waals surface area contributed by atoms with E-state index in [1.54, 1.807) is 11.8 Å². The molecule has 2 heterocycles. The standard InChI is InChI=1S/C20H23N5OS/c1-22-18-17(21)19(25-8-10-26-11-9-25)24-20(23-18)27-13-14-6-7-15-4-2-3-5-16(15)12-14/h2-7,12H,8-11,13,21H2,1H3,(H,22,23,24). The van der Waals surface area contributed by atoms with E-state index in [2.05, 4.69) is 57.7 Å². The van der Waals surface area contributed by atoms with Gasteiger partial charge in [-0.3, -0.25) is 0 Å². The Morgan fingerprint density at radius 2 is 1.89 bits per heavy atom. The van der Waals surface area contributed by atoms with E-state index in [1.807, 2.05) is 7.05 Å². The van der Waals surface area contributed by atoms with Gasteiger partial charge in [0, 0.05) is 25.9 Å². The van der Waals surface area contributed by atoms with E-state index < -0.39 is 0 Å². The van der Waals surface area contributed by atoms with Crippen molar-refractivity contribution in [2.75, 3.05) is 49.3 Å². The van der Waals surface area contributed by atoms with E-state index in [4.69, 9.17) is 15.5 Å². The molecule has 0 bridgehead atoms. The summed E-state index contributed by atoms with van der Waals surface area (Å²) in [6.45, 7) is 2.97. The Balaban J connectivity index is 1.56. The molecule has 1 fully saturated rings. The van der Waals surface area contributed by atoms with Crippen molar-refractivity contribution in [3.8, 4) is 0 Å². The number of nitrogens with zero attached hydrogens (tertiary/aromatic N) is 3. The molecule has 0 amide bonds. The smallest absolute Gasteiger partial charge is 0.191 e. The molecule has 3 N–H and O–H groups in total. The summed E-state index contributed by atoms with van der Waals surface area (Å²) >= 11 is 1.62. The third-order valence-corrected chi connectivity index (χ3v) is 5.55. The summed E-state index contributed by atoms with van der Waals surface area (Å²) in [4.78, 5) is 11.5. The van der Waals surface area contributed by atoms with E-state index in [0.29, 0.717) is 24.7 Å². The monoisotopic (exact) mass is 381 g/mol. The number of nitrogens with two attached hydrogens (primary N) is 1. The first-order valence-electron chi connectivity index (χ1n) is 9.03. The number of morpholine rings is 1. The van der Waals surface area contributed by atoms with E-state index >= 15 is 0 Å². The normalized spacial score (nSPS) is 14.5. The number of hydrogen-bond donors (Lipinski definition) is 2. The summed E-state index contributed by atoms with van der Waals surface area (Å²) in [5.41, 5.74) is 8.12. The molecular formula is C20H23N5OS. The van der Waals surface area contributed by atoms with Gasteiger partial charge in [-0.2, -0.15) is 0 Å². The molecule has 6 nitrogen and oxygen atoms in total. The molecule has 1 aliphatic rings. The van der Waals surface area contributed by atoms with Crippen molar-refractivity contribution in [2.24, 2.45) is 0 Å². The number of aromatic nitrogens is 2. The molecule has 1 saturated heterocycles. The molecule has 140 valence electrons. The zero-order chi connectivity index (χ0) is 18.6. The minimum atomic E-state index is 0.592. The van der Waals surface area contributed by atoms with Crippen LogP contribution in [0.15, 0.2) is 47.6 Å². The second-order valence-corrected chi connectivity index (χ2v) is 7.35. The summed E-state index contributed by atoms with van der Waals surface area (Å²) in [5.74, 6) is 2.27. The van der Waals surface area contributed by atoms with Crippen molar-refractivity contribution < 1.29 is 4.74 Å². The molecule has 27 heavy (non-hydrogen) atoms. The maximum absolute atomic E-state index is 6.28. The Labute approximate surface area is 163 Å². The quantitative estimate of drug-likeness (QED) is 0.518. The van der Waals surface area contributed by atoms with Gasteiger partial charge in [-0.15, -0.1) is 0 Å². The molecule has 0 aliphatic carbocycles. The highest BCUT2D eigenvalue weighted by Gasteiger charge is 2.19. The van der Waals surface area contributed by atoms with Crippen LogP contribution in [0.2, 0.25) is 0 Å². The Kier molecular flexibility index (Phi) is 5.31. The molecule has 7 heteroatoms. The molecule has 1 aromatic heterocycles. The maximum Gasteiger partial charge on any atom is 0.191 e. The third-order valence-electron chi connectivity index (χ3n) is 4.63. The first kappa shape index (κ1) is 17.9. The van der Waals surface area contributed by atoms with Crippen molar-refractivity contribution in [2.45, 2.75) is 10.9 Å². The maximum atomic E-state index is 6.28. The van der Waals surface area contributed by atoms with E-state index in [-0.39, 0.29) is 0 Å². The third kappa shape index (κ3) is 3.94. The summed E-state index contributed by atoms with van der Waals surface area (Å²) < 4.78 is 5.44. The largest absolute Gasteiger partial charge is 0.393 e. The fourth-order valence-electron chi connectivity index (χ4n) is 3.19. The van der Waals surface area contributed by atoms with Crippen LogP contribution < -0.4 is 16.0 Å². The van der Waals surface area contributed by atoms with Gasteiger partial charge >= 0.3 is 0 Å². The molecule has 0 atom stereocenters. The fourth-order valence-corrected chi connectivity index (χ4v) is 3.97. The highest BCUT2D eigenvalue weighted by molar-refractivity contribution is 7.98. The van der Waals surface area contributed by atoms with Crippen LogP contribution in [0.25, 0.3) is 10.8 Å². The number of hydrogen-bond acceptors (Lipinski definition) is 7. The SMILES string of the molecule is CNc1nc(SCc2ccc3ccccc3c2)nc(N2CCOCC2)c1N. The van der Waals surface area contributed by atoms with Gasteiger partial charge in [0.2, 0.25) is 0 Å². The van der Waals surface area contributed by atoms with Crippen molar-refractivity contribution in [1.82, 2.24) is 9.97 Å². The lowest BCUT2D eigenvalue weighted by atomic mass is 10.1. The topological polar surface area (TPSA) is 76.3 Å². The van der Waals surface area contributed by atoms with E-state index in [0.717, 1.165) is 29.8 Å². The minimum absolute atomic E-state index is 0.592. The molecule has 0 radical (unpaired) electrons. The van der Waals surface area contributed by atoms with Gasteiger partial charge in [0.15, 0.2) is 16.8 Å². The van der Waals surface area contributed by atoms with Gasteiger partial charge in [0.25, 0.3) is 0 Å². The molecule has 0 spiro atoms. The number of benzene rings is 2. The van der Waals surface area contributed by atoms with Crippen LogP contribution in [0, 0.1) is 0 Å². The Hall–Kier alpha value is -2.51. The summed E-state index contributed by atoms with van der Waals surface area (Å²) in [6, 6.07) is 14.9. The number of rotatable bonds is 5. The average molecular weight is 382 g/mol. The van der Waals surface area contributed by atoms with Crippen LogP contribution in [0.1, 0.15) is 5.56 Å². The van der Waals surface area contributed by atoms with Gasteiger partial charge in [0.1, 0.15) is 5.69 Å². The molecule has 0 saturated carbocycles. The number of thioether (sulfide) groups is 1. The predicted octanol–water partition coefficient (Wildman–Crippen LogP) is 3.38. The lowest BCUT2D eigenvalue weighted by molar-refractivity contribution is 0.122. The summed E-state index contributed by atoms with van der Waals surface area (Å²) in [5, 5.41) is 6.32. The summed E-state index contributed by atoms with van der Waals surface area (Å²) in [6.07, 6.45) is 0. The van der Waals surface area contributed by atoms with Crippen molar-refractivity contribution >= 4 is 39.9 Å². The Morgan fingerprint density at radius 1 is 1.11 bits per heavy atom. The van der Waals surface area contributed by atoms with Crippen LogP contribution in [-0.4, -0.2) is 43.3 Å². The second kappa shape index (κ2) is 8.02. The van der Waals surface area contributed by atoms with Crippen molar-refractivity contribution in [1.29, 1.82) is 0 Å². The number of fused-ring (bicyclic) bond motifs is 1. The van der Waals surface area contributed by atoms with E-state index in [1.165, 1.54) is 16.3 Å². The van der Waals surface area contributed by atoms with Crippen LogP contribution >= 0.6 is 11.8 Å². The van der Waals surface area contributed by atoms with Crippen LogP contribution in [0.5, 0.6) is 0 Å². The molecule has 1 aliphatic heterocycles. The minimum Gasteiger partial charge on any atom is -0.393 e. The van der Waals surface area contributed by atoms with Crippen LogP contribution in [-0.2, 0) is 10.5 Å². The molecule has 2 aromatic carbocycles. The molecular weight excluding hydrogens is 358 g/mol. The number of nitrogens with one attached hydrogen (secondary N) is 1. The highest BCUT2D eigenvalue weighted by Crippen LogP contribution is 2.32. The van der Waals surface area contributed by atoms with Crippen molar-refractivity contribution in [3.05, 3.63) is 48.0 Å². The van der Waals surface area contributed by atoms with Crippen molar-refractivity contribution in [3.63, 3.8) is 0 Å². The van der Waals surface area contributed by atoms with Gasteiger partial charge in [-0.25, -0.2) is 9.97 Å². The van der Waals surface area contributed by atoms with Gasteiger partial charge in [-0.1, -0.05) is 54.2 Å². The molecule has 0 unspecified atom stereocenters. The molecule has 4 rings (SSSR count). The zero-order valence-corrected chi connectivity index (χ0v) is 16.1. The van der Waals surface area contributed by atoms with Crippen LogP contribution in [0.3, 0.4) is 0 Å². The first-order valence-corrected chi connectivity index (χ1v) is 10.0. The van der Waals surface area contributed by atoms with Crippen LogP contribution in [0.4, 0.5) is 17.3 Å². The number of nitrogen functional groups attached to an aromatic ring is 1. The second-order valence-electron chi connectivity index (χ2n) is 6.41. The van der Waals surface area contributed by atoms with Gasteiger partial charge in [0.05, 0.1) is 13.2 Å². The fraction of sp³-hybridized carbons (Fsp3) is 0.300. The lowest BCUT2D eigenvalue weighted by Crippen LogP contribution is -2.37. The number of anilines is 3. The predicted molar refractivity (Wildman–Crippen MR) is 113 cm³/mol. The highest BCUT2D eigenvalue weighted by atomic mass is 32.2. The average Bonchev–Trinajstić information content (AvgIpc) is 2.73. The van der Waals surface area contributed by atoms with E-state index in [9.17, 15) is 0 Å².